The average Bonchev–Trinajstić information content (AvgIpc) is 4.34. The molecule has 25 heteroatoms. The number of aliphatic imine (C=N–C) groups is 1. The largest absolute Gasteiger partial charge is 0.467 e. The number of esters is 3. The lowest BCUT2D eigenvalue weighted by atomic mass is 9.97. The highest BCUT2D eigenvalue weighted by atomic mass is 35.5. The second-order valence-corrected chi connectivity index (χ2v) is 24.4. The number of hydrogen-bond acceptors (Lipinski definition) is 18. The maximum atomic E-state index is 12.0. The van der Waals surface area contributed by atoms with Crippen LogP contribution in [-0.4, -0.2) is 153 Å². The first kappa shape index (κ1) is 67.6. The van der Waals surface area contributed by atoms with Crippen LogP contribution in [-0.2, 0) is 82.9 Å². The third-order valence-corrected chi connectivity index (χ3v) is 13.9. The molecule has 82 heavy (non-hydrogen) atoms. The SMILES string of the molecule is COC(=O)C(N=Cc1ccccc1)C1CC(=O)C(Cl)C1.COC(=O)C(NC(=O)OC(C)(C)C)C1CC(=O)C(Cl)C1.COC(=O)C(NC(=O)OC(C)(C)C)C1Cc2nc(C)[nH]c2C1.Cc1nc2c([nH]1)CC(C(C=O)NC(=O)OC(C)(C)C)C2. The lowest BCUT2D eigenvalue weighted by Gasteiger charge is -2.25. The van der Waals surface area contributed by atoms with Crippen LogP contribution < -0.4 is 16.0 Å². The number of nitrogens with one attached hydrogen (secondary N) is 5. The van der Waals surface area contributed by atoms with E-state index < -0.39 is 87.9 Å². The van der Waals surface area contributed by atoms with E-state index in [0.29, 0.717) is 32.1 Å². The van der Waals surface area contributed by atoms with Gasteiger partial charge in [0, 0.05) is 42.3 Å². The van der Waals surface area contributed by atoms with Gasteiger partial charge in [0.15, 0.2) is 17.6 Å². The Balaban J connectivity index is 0.000000235. The van der Waals surface area contributed by atoms with Crippen LogP contribution in [0.25, 0.3) is 0 Å². The van der Waals surface area contributed by atoms with Gasteiger partial charge in [-0.1, -0.05) is 30.3 Å². The van der Waals surface area contributed by atoms with Crippen LogP contribution >= 0.6 is 23.2 Å². The molecule has 0 radical (unpaired) electrons. The fourth-order valence-electron chi connectivity index (χ4n) is 9.50. The van der Waals surface area contributed by atoms with Crippen molar-refractivity contribution in [3.63, 3.8) is 0 Å². The van der Waals surface area contributed by atoms with Gasteiger partial charge in [-0.2, -0.15) is 0 Å². The summed E-state index contributed by atoms with van der Waals surface area (Å²) < 4.78 is 29.7. The molecule has 0 aliphatic heterocycles. The number of alkyl carbamates (subject to hydrolysis) is 3. The van der Waals surface area contributed by atoms with Crippen molar-refractivity contribution >= 4 is 83.5 Å². The summed E-state index contributed by atoms with van der Waals surface area (Å²) >= 11 is 11.8. The number of aldehydes is 1. The predicted octanol–water partition coefficient (Wildman–Crippen LogP) is 6.90. The van der Waals surface area contributed by atoms with Gasteiger partial charge in [-0.25, -0.2) is 38.7 Å². The fraction of sp³-hybridized carbons (Fsp3) is 0.614. The van der Waals surface area contributed by atoms with E-state index in [4.69, 9.17) is 46.9 Å². The molecule has 3 aromatic rings. The number of halogens is 2. The second kappa shape index (κ2) is 29.9. The Morgan fingerprint density at radius 2 is 0.988 bits per heavy atom. The van der Waals surface area contributed by atoms with Gasteiger partial charge in [0.2, 0.25) is 0 Å². The Hall–Kier alpha value is -6.88. The number of ketones is 2. The molecule has 1 aromatic carbocycles. The molecule has 23 nitrogen and oxygen atoms in total. The Morgan fingerprint density at radius 1 is 0.585 bits per heavy atom. The predicted molar refractivity (Wildman–Crippen MR) is 303 cm³/mol. The van der Waals surface area contributed by atoms with Gasteiger partial charge in [-0.15, -0.1) is 23.2 Å². The monoisotopic (exact) mass is 1190 g/mol. The molecule has 3 amide bonds. The quantitative estimate of drug-likeness (QED) is 0.0382. The topological polar surface area (TPSA) is 315 Å². The van der Waals surface area contributed by atoms with E-state index in [1.165, 1.54) is 21.3 Å². The van der Waals surface area contributed by atoms with Crippen LogP contribution in [0.15, 0.2) is 35.3 Å². The zero-order chi connectivity index (χ0) is 61.4. The lowest BCUT2D eigenvalue weighted by Crippen LogP contribution is -2.48. The summed E-state index contributed by atoms with van der Waals surface area (Å²) in [4.78, 5) is 125. The zero-order valence-corrected chi connectivity index (χ0v) is 50.7. The molecule has 10 unspecified atom stereocenters. The number of aromatic nitrogens is 4. The Morgan fingerprint density at radius 3 is 1.38 bits per heavy atom. The number of ether oxygens (including phenoxy) is 6. The number of benzene rings is 1. The first-order valence-corrected chi connectivity index (χ1v) is 27.8. The first-order chi connectivity index (χ1) is 38.2. The maximum absolute atomic E-state index is 12.0. The number of alkyl halides is 2. The van der Waals surface area contributed by atoms with Gasteiger partial charge < -0.3 is 59.1 Å². The van der Waals surface area contributed by atoms with Crippen molar-refractivity contribution in [2.24, 2.45) is 28.7 Å². The molecule has 10 atom stereocenters. The summed E-state index contributed by atoms with van der Waals surface area (Å²) in [6.45, 7) is 19.6. The van der Waals surface area contributed by atoms with E-state index in [2.05, 4.69) is 45.6 Å². The molecule has 0 spiro atoms. The summed E-state index contributed by atoms with van der Waals surface area (Å²) in [6.07, 6.45) is 4.39. The fourth-order valence-corrected chi connectivity index (χ4v) is 10.1. The van der Waals surface area contributed by atoms with Crippen molar-refractivity contribution in [1.82, 2.24) is 35.9 Å². The molecule has 2 aromatic heterocycles. The molecule has 2 heterocycles. The normalized spacial score (nSPS) is 20.1. The number of fused-ring (bicyclic) bond motifs is 2. The van der Waals surface area contributed by atoms with Crippen molar-refractivity contribution in [3.05, 3.63) is 70.3 Å². The van der Waals surface area contributed by atoms with Crippen molar-refractivity contribution in [2.45, 2.75) is 179 Å². The molecule has 4 aliphatic rings. The number of aryl methyl sites for hydroxylation is 2. The van der Waals surface area contributed by atoms with Crippen molar-refractivity contribution in [1.29, 1.82) is 0 Å². The number of carbonyl (C=O) groups excluding carboxylic acids is 9. The van der Waals surface area contributed by atoms with Gasteiger partial charge in [0.05, 0.1) is 49.5 Å². The molecule has 0 saturated heterocycles. The number of nitrogens with zero attached hydrogens (tertiary/aromatic N) is 3. The van der Waals surface area contributed by atoms with Crippen LogP contribution in [0.5, 0.6) is 0 Å². The summed E-state index contributed by atoms with van der Waals surface area (Å²) in [5.74, 6) is -0.532. The molecular weight excluding hydrogens is 1110 g/mol. The second-order valence-electron chi connectivity index (χ2n) is 23.4. The number of H-pyrrole nitrogens is 2. The van der Waals surface area contributed by atoms with Crippen molar-refractivity contribution < 1.29 is 71.6 Å². The Bertz CT molecular complexity index is 2700. The van der Waals surface area contributed by atoms with E-state index in [9.17, 15) is 43.2 Å². The number of carbonyl (C=O) groups is 9. The van der Waals surface area contributed by atoms with Crippen LogP contribution in [0, 0.1) is 37.5 Å². The highest BCUT2D eigenvalue weighted by molar-refractivity contribution is 6.32. The third-order valence-electron chi connectivity index (χ3n) is 13.1. The number of methoxy groups -OCH3 is 3. The highest BCUT2D eigenvalue weighted by Crippen LogP contribution is 2.33. The summed E-state index contributed by atoms with van der Waals surface area (Å²) in [6, 6.07) is 6.57. The Labute approximate surface area is 488 Å². The third kappa shape index (κ3) is 21.5. The number of Topliss-reactive ketones (excluding diaryl/α,β-unsaturated/α-hetero) is 2. The van der Waals surface area contributed by atoms with Gasteiger partial charge in [-0.3, -0.25) is 14.6 Å². The summed E-state index contributed by atoms with van der Waals surface area (Å²) in [7, 11) is 3.85. The van der Waals surface area contributed by atoms with E-state index in [1.807, 2.05) is 44.2 Å². The van der Waals surface area contributed by atoms with Crippen LogP contribution in [0.4, 0.5) is 14.4 Å². The van der Waals surface area contributed by atoms with Crippen LogP contribution in [0.1, 0.15) is 128 Å². The highest BCUT2D eigenvalue weighted by Gasteiger charge is 2.42. The molecule has 5 N–H and O–H groups in total. The number of amides is 3. The number of hydrogen-bond donors (Lipinski definition) is 5. The molecule has 4 aliphatic carbocycles. The van der Waals surface area contributed by atoms with Gasteiger partial charge in [-0.05, 0) is 132 Å². The molecule has 2 fully saturated rings. The smallest absolute Gasteiger partial charge is 0.408 e. The zero-order valence-electron chi connectivity index (χ0n) is 49.2. The van der Waals surface area contributed by atoms with E-state index in [1.54, 1.807) is 68.5 Å². The number of imidazole rings is 2. The van der Waals surface area contributed by atoms with Crippen LogP contribution in [0.2, 0.25) is 0 Å². The van der Waals surface area contributed by atoms with E-state index >= 15 is 0 Å². The van der Waals surface area contributed by atoms with Gasteiger partial charge in [0.25, 0.3) is 0 Å². The molecule has 0 bridgehead atoms. The Kier molecular flexibility index (Phi) is 24.7. The summed E-state index contributed by atoms with van der Waals surface area (Å²) in [5.41, 5.74) is 3.04. The number of rotatable bonds is 13. The van der Waals surface area contributed by atoms with Gasteiger partial charge >= 0.3 is 36.2 Å². The van der Waals surface area contributed by atoms with Crippen molar-refractivity contribution in [3.8, 4) is 0 Å². The van der Waals surface area contributed by atoms with Crippen molar-refractivity contribution in [2.75, 3.05) is 21.3 Å². The molecule has 452 valence electrons. The first-order valence-electron chi connectivity index (χ1n) is 26.9. The molecule has 7 rings (SSSR count). The minimum atomic E-state index is -0.928. The standard InChI is InChI=1S/C15H16ClNO3.C15H23N3O4.C14H21N3O3.C13H20ClNO5/c1-20-15(19)14(11-7-12(16)13(18)8-11)17-9-10-5-3-2-4-6-10;1-8-16-10-6-9(7-11(10)17-8)12(13(19)21-5)18-14(20)22-15(2,3)4;1-8-15-10-5-9(6-11(10)16-8)12(7-18)17-13(19)20-14(2,3)4;1-13(2,3)20-12(18)15-10(11(17)19-4)7-5-8(14)9(16)6-7/h2-6,9,11-12,14H,7-8H2,1H3;9,12H,6-7H2,1-5H3,(H,16,17)(H,18,20);7,9,12H,5-6H2,1-4H3,(H,15,16)(H,17,19);7-8,10H,5-6H2,1-4H3,(H,15,18). The van der Waals surface area contributed by atoms with E-state index in [-0.39, 0.29) is 48.1 Å². The molecule has 2 saturated carbocycles. The molecular formula is C57H80Cl2N8O15. The summed E-state index contributed by atoms with van der Waals surface area (Å²) in [5, 5.41) is 6.59. The van der Waals surface area contributed by atoms with Gasteiger partial charge in [0.1, 0.15) is 46.8 Å². The minimum Gasteiger partial charge on any atom is -0.467 e. The average molecular weight is 1190 g/mol. The maximum Gasteiger partial charge on any atom is 0.408 e. The van der Waals surface area contributed by atoms with Crippen LogP contribution in [0.3, 0.4) is 0 Å². The number of aromatic amines is 2. The lowest BCUT2D eigenvalue weighted by molar-refractivity contribution is -0.145. The van der Waals surface area contributed by atoms with E-state index in [0.717, 1.165) is 52.7 Å². The minimum absolute atomic E-state index is 0.0273.